The minimum atomic E-state index is -0.123. The van der Waals surface area contributed by atoms with Crippen molar-refractivity contribution in [2.75, 3.05) is 13.1 Å². The van der Waals surface area contributed by atoms with Gasteiger partial charge in [0.1, 0.15) is 5.78 Å². The highest BCUT2D eigenvalue weighted by Gasteiger charge is 2.34. The van der Waals surface area contributed by atoms with Gasteiger partial charge in [0.2, 0.25) is 0 Å². The van der Waals surface area contributed by atoms with E-state index >= 15 is 0 Å². The van der Waals surface area contributed by atoms with Crippen LogP contribution in [0.25, 0.3) is 0 Å². The lowest BCUT2D eigenvalue weighted by molar-refractivity contribution is -0.132. The van der Waals surface area contributed by atoms with Gasteiger partial charge in [-0.05, 0) is 13.8 Å². The number of rotatable bonds is 1. The van der Waals surface area contributed by atoms with Gasteiger partial charge < -0.3 is 0 Å². The van der Waals surface area contributed by atoms with E-state index in [-0.39, 0.29) is 5.41 Å². The van der Waals surface area contributed by atoms with Gasteiger partial charge in [-0.25, -0.2) is 0 Å². The van der Waals surface area contributed by atoms with Gasteiger partial charge in [0, 0.05) is 31.0 Å². The molecule has 2 heteroatoms. The summed E-state index contributed by atoms with van der Waals surface area (Å²) in [5, 5.41) is 0. The molecule has 0 unspecified atom stereocenters. The first-order chi connectivity index (χ1) is 5.43. The molecule has 70 valence electrons. The van der Waals surface area contributed by atoms with Gasteiger partial charge in [0.15, 0.2) is 0 Å². The summed E-state index contributed by atoms with van der Waals surface area (Å²) in [6, 6.07) is 0.567. The Morgan fingerprint density at radius 1 is 1.42 bits per heavy atom. The molecule has 0 spiro atoms. The maximum atomic E-state index is 11.5. The van der Waals surface area contributed by atoms with Crippen LogP contribution >= 0.6 is 0 Å². The van der Waals surface area contributed by atoms with Crippen LogP contribution in [0, 0.1) is 5.41 Å². The molecular formula is C10H19NO. The molecule has 1 fully saturated rings. The number of nitrogens with zero attached hydrogens (tertiary/aromatic N) is 1. The molecule has 0 aromatic heterocycles. The van der Waals surface area contributed by atoms with Crippen molar-refractivity contribution in [1.82, 2.24) is 4.90 Å². The lowest BCUT2D eigenvalue weighted by Gasteiger charge is -2.38. The lowest BCUT2D eigenvalue weighted by atomic mass is 9.82. The van der Waals surface area contributed by atoms with Crippen LogP contribution in [0.2, 0.25) is 0 Å². The van der Waals surface area contributed by atoms with E-state index in [9.17, 15) is 4.79 Å². The Balaban J connectivity index is 2.63. The van der Waals surface area contributed by atoms with Crippen molar-refractivity contribution in [1.29, 1.82) is 0 Å². The van der Waals surface area contributed by atoms with E-state index in [1.165, 1.54) is 0 Å². The van der Waals surface area contributed by atoms with Crippen molar-refractivity contribution in [3.05, 3.63) is 0 Å². The molecular weight excluding hydrogens is 150 g/mol. The molecule has 0 saturated carbocycles. The van der Waals surface area contributed by atoms with Gasteiger partial charge in [-0.15, -0.1) is 0 Å². The number of hydrogen-bond donors (Lipinski definition) is 0. The summed E-state index contributed by atoms with van der Waals surface area (Å²) in [7, 11) is 0. The Labute approximate surface area is 74.9 Å². The third-order valence-corrected chi connectivity index (χ3v) is 2.71. The Bertz CT molecular complexity index is 184. The fraction of sp³-hybridized carbons (Fsp3) is 0.900. The zero-order valence-electron chi connectivity index (χ0n) is 8.55. The van der Waals surface area contributed by atoms with Crippen molar-refractivity contribution in [3.8, 4) is 0 Å². The summed E-state index contributed by atoms with van der Waals surface area (Å²) >= 11 is 0. The average molecular weight is 169 g/mol. The third-order valence-electron chi connectivity index (χ3n) is 2.71. The van der Waals surface area contributed by atoms with E-state index in [2.05, 4.69) is 18.7 Å². The molecule has 0 amide bonds. The molecule has 2 nitrogen and oxygen atoms in total. The average Bonchev–Trinajstić information content (AvgIpc) is 1.94. The van der Waals surface area contributed by atoms with Gasteiger partial charge >= 0.3 is 0 Å². The SMILES string of the molecule is CC(C)N1CCC(=O)C(C)(C)C1. The van der Waals surface area contributed by atoms with Crippen molar-refractivity contribution >= 4 is 5.78 Å². The Morgan fingerprint density at radius 2 is 2.00 bits per heavy atom. The van der Waals surface area contributed by atoms with Crippen molar-refractivity contribution < 1.29 is 4.79 Å². The molecule has 0 atom stereocenters. The molecule has 0 aromatic carbocycles. The number of piperidine rings is 1. The first kappa shape index (κ1) is 9.72. The van der Waals surface area contributed by atoms with Crippen LogP contribution in [0.1, 0.15) is 34.1 Å². The van der Waals surface area contributed by atoms with Gasteiger partial charge in [0.25, 0.3) is 0 Å². The summed E-state index contributed by atoms with van der Waals surface area (Å²) in [6.45, 7) is 10.3. The minimum Gasteiger partial charge on any atom is -0.300 e. The second kappa shape index (κ2) is 3.17. The summed E-state index contributed by atoms with van der Waals surface area (Å²) in [4.78, 5) is 13.8. The number of likely N-dealkylation sites (tertiary alicyclic amines) is 1. The molecule has 12 heavy (non-hydrogen) atoms. The maximum Gasteiger partial charge on any atom is 0.141 e. The molecule has 1 rings (SSSR count). The Kier molecular flexibility index (Phi) is 2.57. The number of Topliss-reactive ketones (excluding diaryl/α,β-unsaturated/α-hetero) is 1. The molecule has 1 aliphatic heterocycles. The van der Waals surface area contributed by atoms with Crippen LogP contribution in [0.5, 0.6) is 0 Å². The van der Waals surface area contributed by atoms with E-state index in [4.69, 9.17) is 0 Å². The van der Waals surface area contributed by atoms with Crippen molar-refractivity contribution in [2.24, 2.45) is 5.41 Å². The van der Waals surface area contributed by atoms with Crippen LogP contribution in [0.15, 0.2) is 0 Å². The highest BCUT2D eigenvalue weighted by molar-refractivity contribution is 5.85. The molecule has 1 heterocycles. The second-order valence-corrected chi connectivity index (χ2v) is 4.62. The topological polar surface area (TPSA) is 20.3 Å². The molecule has 0 bridgehead atoms. The Hall–Kier alpha value is -0.370. The van der Waals surface area contributed by atoms with Gasteiger partial charge in [0.05, 0.1) is 0 Å². The predicted molar refractivity (Wildman–Crippen MR) is 50.1 cm³/mol. The van der Waals surface area contributed by atoms with Gasteiger partial charge in [-0.2, -0.15) is 0 Å². The van der Waals surface area contributed by atoms with Crippen LogP contribution in [-0.4, -0.2) is 29.8 Å². The van der Waals surface area contributed by atoms with Crippen LogP contribution in [0.3, 0.4) is 0 Å². The predicted octanol–water partition coefficient (Wildman–Crippen LogP) is 1.70. The van der Waals surface area contributed by atoms with E-state index in [1.54, 1.807) is 0 Å². The lowest BCUT2D eigenvalue weighted by Crippen LogP contribution is -2.48. The normalized spacial score (nSPS) is 24.9. The summed E-state index contributed by atoms with van der Waals surface area (Å²) in [5.41, 5.74) is -0.123. The molecule has 1 aliphatic rings. The molecule has 0 aromatic rings. The van der Waals surface area contributed by atoms with E-state index < -0.39 is 0 Å². The van der Waals surface area contributed by atoms with E-state index in [0.717, 1.165) is 19.5 Å². The monoisotopic (exact) mass is 169 g/mol. The maximum absolute atomic E-state index is 11.5. The first-order valence-electron chi connectivity index (χ1n) is 4.71. The largest absolute Gasteiger partial charge is 0.300 e. The van der Waals surface area contributed by atoms with Gasteiger partial charge in [-0.3, -0.25) is 9.69 Å². The van der Waals surface area contributed by atoms with Gasteiger partial charge in [-0.1, -0.05) is 13.8 Å². The zero-order chi connectivity index (χ0) is 9.35. The van der Waals surface area contributed by atoms with E-state index in [1.807, 2.05) is 13.8 Å². The highest BCUT2D eigenvalue weighted by atomic mass is 16.1. The third kappa shape index (κ3) is 1.86. The second-order valence-electron chi connectivity index (χ2n) is 4.62. The van der Waals surface area contributed by atoms with Crippen LogP contribution < -0.4 is 0 Å². The smallest absolute Gasteiger partial charge is 0.141 e. The molecule has 0 radical (unpaired) electrons. The van der Waals surface area contributed by atoms with E-state index in [0.29, 0.717) is 11.8 Å². The van der Waals surface area contributed by atoms with Crippen LogP contribution in [0.4, 0.5) is 0 Å². The number of carbonyl (C=O) groups is 1. The van der Waals surface area contributed by atoms with Crippen LogP contribution in [-0.2, 0) is 4.79 Å². The molecule has 0 N–H and O–H groups in total. The Morgan fingerprint density at radius 3 is 2.42 bits per heavy atom. The summed E-state index contributed by atoms with van der Waals surface area (Å²) in [5.74, 6) is 0.416. The number of ketones is 1. The first-order valence-corrected chi connectivity index (χ1v) is 4.71. The van der Waals surface area contributed by atoms with Crippen molar-refractivity contribution in [3.63, 3.8) is 0 Å². The summed E-state index contributed by atoms with van der Waals surface area (Å²) < 4.78 is 0. The number of hydrogen-bond acceptors (Lipinski definition) is 2. The number of carbonyl (C=O) groups excluding carboxylic acids is 1. The molecule has 1 saturated heterocycles. The standard InChI is InChI=1S/C10H19NO/c1-8(2)11-6-5-9(12)10(3,4)7-11/h8H,5-7H2,1-4H3. The fourth-order valence-corrected chi connectivity index (χ4v) is 1.70. The quantitative estimate of drug-likeness (QED) is 0.595. The molecule has 0 aliphatic carbocycles. The highest BCUT2D eigenvalue weighted by Crippen LogP contribution is 2.26. The summed E-state index contributed by atoms with van der Waals surface area (Å²) in [6.07, 6.45) is 0.727. The minimum absolute atomic E-state index is 0.123. The fourth-order valence-electron chi connectivity index (χ4n) is 1.70. The zero-order valence-corrected chi connectivity index (χ0v) is 8.55. The van der Waals surface area contributed by atoms with Crippen molar-refractivity contribution in [2.45, 2.75) is 40.2 Å².